The van der Waals surface area contributed by atoms with E-state index in [0.29, 0.717) is 86.9 Å². The summed E-state index contributed by atoms with van der Waals surface area (Å²) in [5.41, 5.74) is 20.3. The molecule has 15 rings (SSSR count). The number of rotatable bonds is 28. The summed E-state index contributed by atoms with van der Waals surface area (Å²) in [5.74, 6) is 12.1. The molecule has 12 aromatic rings. The number of methoxy groups -OCH3 is 2. The number of piperazine rings is 2. The van der Waals surface area contributed by atoms with Crippen LogP contribution in [0.4, 0.5) is 59.0 Å². The fraction of sp³-hybridized carbons (Fsp3) is 0.286. The van der Waals surface area contributed by atoms with E-state index >= 15 is 0 Å². The molecule has 4 aromatic heterocycles. The second-order valence-electron chi connectivity index (χ2n) is 26.9. The van der Waals surface area contributed by atoms with E-state index in [2.05, 4.69) is 137 Å². The third-order valence-electron chi connectivity index (χ3n) is 19.0. The summed E-state index contributed by atoms with van der Waals surface area (Å²) in [4.78, 5) is 66.6. The van der Waals surface area contributed by atoms with Crippen molar-refractivity contribution in [2.45, 2.75) is 96.6 Å². The number of fused-ring (bicyclic) bond motifs is 1. The van der Waals surface area contributed by atoms with Crippen LogP contribution in [-0.4, -0.2) is 132 Å². The number of nitrogens with zero attached hydrogens (tertiary/aromatic N) is 16. The molecule has 25 heteroatoms. The van der Waals surface area contributed by atoms with Crippen molar-refractivity contribution in [3.63, 3.8) is 0 Å². The number of aromatic nitrogens is 12. The number of anilines is 10. The fourth-order valence-electron chi connectivity index (χ4n) is 13.6. The molecule has 0 radical (unpaired) electrons. The normalized spacial score (nSPS) is 14.6. The predicted octanol–water partition coefficient (Wildman–Crippen LogP) is 13.7. The molecule has 2 atom stereocenters. The molecule has 0 bridgehead atoms. The molecule has 0 spiro atoms. The third kappa shape index (κ3) is 19.6. The number of para-hydroxylation sites is 2. The molecule has 556 valence electrons. The van der Waals surface area contributed by atoms with Crippen molar-refractivity contribution in [3.8, 4) is 40.2 Å². The Morgan fingerprint density at radius 2 is 0.817 bits per heavy atom. The minimum Gasteiger partial charge on any atom is -0.493 e. The summed E-state index contributed by atoms with van der Waals surface area (Å²) >= 11 is 0. The molecule has 25 nitrogen and oxygen atoms in total. The molecule has 3 aliphatic rings. The van der Waals surface area contributed by atoms with Crippen LogP contribution >= 0.6 is 0 Å². The van der Waals surface area contributed by atoms with Crippen molar-refractivity contribution in [1.82, 2.24) is 59.8 Å². The zero-order chi connectivity index (χ0) is 74.7. The van der Waals surface area contributed by atoms with Crippen molar-refractivity contribution in [3.05, 3.63) is 257 Å². The quantitative estimate of drug-likeness (QED) is 0.0354. The predicted molar refractivity (Wildman–Crippen MR) is 426 cm³/mol. The monoisotopic (exact) mass is 1460 g/mol. The van der Waals surface area contributed by atoms with Gasteiger partial charge in [0.1, 0.15) is 52.0 Å². The van der Waals surface area contributed by atoms with Crippen LogP contribution in [0.3, 0.4) is 0 Å². The number of aryl methyl sites for hydroxylation is 6. The first kappa shape index (κ1) is 73.1. The van der Waals surface area contributed by atoms with E-state index in [9.17, 15) is 0 Å². The van der Waals surface area contributed by atoms with Crippen molar-refractivity contribution >= 4 is 59.0 Å². The maximum absolute atomic E-state index is 6.27. The highest BCUT2D eigenvalue weighted by molar-refractivity contribution is 5.59. The van der Waals surface area contributed by atoms with Crippen molar-refractivity contribution in [2.75, 3.05) is 102 Å². The number of ether oxygens (including phenoxy) is 5. The molecular formula is C84H90N20O5. The Balaban J connectivity index is 0.000000182. The van der Waals surface area contributed by atoms with E-state index in [1.165, 1.54) is 22.3 Å². The first-order valence-electron chi connectivity index (χ1n) is 37.3. The van der Waals surface area contributed by atoms with Crippen LogP contribution < -0.4 is 65.4 Å². The van der Waals surface area contributed by atoms with Gasteiger partial charge in [-0.05, 0) is 157 Å². The first-order valence-corrected chi connectivity index (χ1v) is 37.3. The zero-order valence-electron chi connectivity index (χ0n) is 61.9. The molecule has 2 unspecified atom stereocenters. The van der Waals surface area contributed by atoms with E-state index in [0.717, 1.165) is 146 Å². The lowest BCUT2D eigenvalue weighted by Gasteiger charge is -2.41. The van der Waals surface area contributed by atoms with Gasteiger partial charge in [-0.2, -0.15) is 49.8 Å². The van der Waals surface area contributed by atoms with Crippen LogP contribution in [0.1, 0.15) is 77.8 Å². The summed E-state index contributed by atoms with van der Waals surface area (Å²) in [6.07, 6.45) is 8.98. The van der Waals surface area contributed by atoms with Gasteiger partial charge in [0.25, 0.3) is 0 Å². The second kappa shape index (κ2) is 35.5. The van der Waals surface area contributed by atoms with Gasteiger partial charge in [-0.1, -0.05) is 129 Å². The molecule has 2 fully saturated rings. The highest BCUT2D eigenvalue weighted by atomic mass is 16.5. The number of nitrogen functional groups attached to an aromatic ring is 2. The first-order chi connectivity index (χ1) is 53.5. The Morgan fingerprint density at radius 3 is 1.27 bits per heavy atom. The Labute approximate surface area is 635 Å². The molecular weight excluding hydrogens is 1370 g/mol. The molecule has 2 saturated heterocycles. The Morgan fingerprint density at radius 1 is 0.394 bits per heavy atom. The van der Waals surface area contributed by atoms with Crippen molar-refractivity contribution < 1.29 is 23.7 Å². The van der Waals surface area contributed by atoms with Gasteiger partial charge in [-0.3, -0.25) is 0 Å². The van der Waals surface area contributed by atoms with E-state index in [1.807, 2.05) is 133 Å². The smallest absolute Gasteiger partial charge is 0.233 e. The summed E-state index contributed by atoms with van der Waals surface area (Å²) in [7, 11) is 3.29. The maximum Gasteiger partial charge on any atom is 0.233 e. The molecule has 0 amide bonds. The van der Waals surface area contributed by atoms with E-state index in [4.69, 9.17) is 75.0 Å². The van der Waals surface area contributed by atoms with E-state index in [-0.39, 0.29) is 24.0 Å². The Bertz CT molecular complexity index is 4950. The van der Waals surface area contributed by atoms with Gasteiger partial charge in [0.05, 0.1) is 32.9 Å². The number of hydrogen-bond donors (Lipinski definition) is 4. The molecule has 109 heavy (non-hydrogen) atoms. The Hall–Kier alpha value is -12.8. The maximum atomic E-state index is 6.27. The largest absolute Gasteiger partial charge is 0.493 e. The summed E-state index contributed by atoms with van der Waals surface area (Å²) in [6.45, 7) is 8.94. The van der Waals surface area contributed by atoms with Gasteiger partial charge >= 0.3 is 0 Å². The number of hydrogen-bond acceptors (Lipinski definition) is 25. The summed E-state index contributed by atoms with van der Waals surface area (Å²) < 4.78 is 28.6. The number of benzene rings is 8. The summed E-state index contributed by atoms with van der Waals surface area (Å²) in [6, 6.07) is 68.2. The van der Waals surface area contributed by atoms with Crippen LogP contribution in [0.15, 0.2) is 206 Å². The lowest BCUT2D eigenvalue weighted by Crippen LogP contribution is -2.55. The van der Waals surface area contributed by atoms with Gasteiger partial charge in [0.15, 0.2) is 11.5 Å². The molecule has 7 heterocycles. The van der Waals surface area contributed by atoms with Crippen LogP contribution in [0, 0.1) is 0 Å². The average molecular weight is 1460 g/mol. The zero-order valence-corrected chi connectivity index (χ0v) is 61.9. The van der Waals surface area contributed by atoms with Crippen LogP contribution in [0.2, 0.25) is 0 Å². The van der Waals surface area contributed by atoms with Crippen molar-refractivity contribution in [1.29, 1.82) is 0 Å². The minimum atomic E-state index is 0.0123. The molecule has 8 aromatic carbocycles. The standard InChI is InChI=1S/C42H46N10O3.C42H44N10O2/c1-4-11-37-45-38(23-17-30-16-22-35(53-2)36(27-30)54-3)47-42(46-37)52-25-24-51(28-32(52)26-29-12-7-5-8-13-29)41-49-39(43)48-40(50-41)44-31-18-20-34(21-19-31)55-33-14-9-6-10-15-33;1-2-9-37-45-38(21-15-30-14-20-36-31(26-30)22-25-53-36)47-42(46-37)52-24-23-51(28-33(52)27-29-10-5-3-6-11-29)41-49-39(43)48-40(50-41)44-32-16-18-35(19-17-32)54-34-12-7-4-8-13-34/h5-10,12-16,18-22,27,32H,4,11,17,23-26,28H2,1-3H3,(H3,43,44,48,49,50);3-8,10-14,16-20,26,33H,2,9,15,21-25,27-28H2,1H3,(H3,43,44,48,49,50). The van der Waals surface area contributed by atoms with E-state index < -0.39 is 0 Å². The average Bonchev–Trinajstić information content (AvgIpc) is 1.54. The van der Waals surface area contributed by atoms with Crippen LogP contribution in [0.25, 0.3) is 0 Å². The fourth-order valence-corrected chi connectivity index (χ4v) is 13.6. The van der Waals surface area contributed by atoms with Gasteiger partial charge in [0, 0.05) is 82.7 Å². The lowest BCUT2D eigenvalue weighted by atomic mass is 10.0. The van der Waals surface area contributed by atoms with Gasteiger partial charge in [-0.25, -0.2) is 9.97 Å². The third-order valence-corrected chi connectivity index (χ3v) is 19.0. The van der Waals surface area contributed by atoms with Crippen molar-refractivity contribution in [2.24, 2.45) is 0 Å². The van der Waals surface area contributed by atoms with Gasteiger partial charge in [0.2, 0.25) is 47.6 Å². The van der Waals surface area contributed by atoms with Gasteiger partial charge in [-0.15, -0.1) is 0 Å². The topological polar surface area (TPSA) is 290 Å². The second-order valence-corrected chi connectivity index (χ2v) is 26.9. The van der Waals surface area contributed by atoms with Crippen LogP contribution in [0.5, 0.6) is 40.2 Å². The number of nitrogens with two attached hydrogens (primary N) is 2. The minimum absolute atomic E-state index is 0.0123. The van der Waals surface area contributed by atoms with E-state index in [1.54, 1.807) is 14.2 Å². The molecule has 6 N–H and O–H groups in total. The highest BCUT2D eigenvalue weighted by Crippen LogP contribution is 2.33. The summed E-state index contributed by atoms with van der Waals surface area (Å²) in [5, 5.41) is 6.58. The molecule has 3 aliphatic heterocycles. The number of nitrogens with one attached hydrogen (secondary N) is 2. The molecule has 0 saturated carbocycles. The van der Waals surface area contributed by atoms with Crippen LogP contribution in [-0.2, 0) is 57.8 Å². The highest BCUT2D eigenvalue weighted by Gasteiger charge is 2.34. The Kier molecular flexibility index (Phi) is 23.8. The van der Waals surface area contributed by atoms with Gasteiger partial charge < -0.3 is 65.4 Å². The lowest BCUT2D eigenvalue weighted by molar-refractivity contribution is 0.354. The SMILES string of the molecule is CCCc1nc(CCc2ccc(OC)c(OC)c2)nc(N2CCN(c3nc(N)nc(Nc4ccc(Oc5ccccc5)cc4)n3)CC2Cc2ccccc2)n1.CCCc1nc(CCc2ccc3c(c2)CCO3)nc(N2CCN(c3nc(N)nc(Nc4ccc(Oc5ccccc5)cc4)n3)CC2Cc2ccccc2)n1. The molecule has 0 aliphatic carbocycles.